The highest BCUT2D eigenvalue weighted by molar-refractivity contribution is 5.97. The molecule has 1 N–H and O–H groups in total. The van der Waals surface area contributed by atoms with Crippen molar-refractivity contribution in [3.63, 3.8) is 0 Å². The molecule has 2 bridgehead atoms. The molecule has 0 amide bonds. The van der Waals surface area contributed by atoms with Crippen LogP contribution in [-0.4, -0.2) is 24.5 Å². The Hall–Kier alpha value is -0.830. The summed E-state index contributed by atoms with van der Waals surface area (Å²) in [4.78, 5) is 12.2. The van der Waals surface area contributed by atoms with Gasteiger partial charge in [0.1, 0.15) is 0 Å². The fourth-order valence-corrected chi connectivity index (χ4v) is 3.10. The SMILES string of the molecule is O=C(C1=COCCC1)C1CC2CCC1N2. The average molecular weight is 207 g/mol. The van der Waals surface area contributed by atoms with Crippen molar-refractivity contribution in [1.82, 2.24) is 5.32 Å². The van der Waals surface area contributed by atoms with Crippen LogP contribution in [0, 0.1) is 5.92 Å². The number of ketones is 1. The van der Waals surface area contributed by atoms with Crippen molar-refractivity contribution in [2.24, 2.45) is 5.92 Å². The van der Waals surface area contributed by atoms with Crippen molar-refractivity contribution in [2.75, 3.05) is 6.61 Å². The minimum absolute atomic E-state index is 0.233. The molecular formula is C12H17NO2. The van der Waals surface area contributed by atoms with Crippen molar-refractivity contribution in [1.29, 1.82) is 0 Å². The zero-order valence-corrected chi connectivity index (χ0v) is 8.87. The topological polar surface area (TPSA) is 38.3 Å². The van der Waals surface area contributed by atoms with Crippen LogP contribution in [-0.2, 0) is 9.53 Å². The third-order valence-corrected chi connectivity index (χ3v) is 3.89. The standard InChI is InChI=1S/C12H17NO2/c14-12(8-2-1-5-15-7-8)10-6-9-3-4-11(10)13-9/h7,9-11,13H,1-6H2. The van der Waals surface area contributed by atoms with Crippen LogP contribution in [0.4, 0.5) is 0 Å². The number of hydrogen-bond donors (Lipinski definition) is 1. The van der Waals surface area contributed by atoms with E-state index in [-0.39, 0.29) is 5.92 Å². The van der Waals surface area contributed by atoms with Crippen molar-refractivity contribution in [3.05, 3.63) is 11.8 Å². The smallest absolute Gasteiger partial charge is 0.166 e. The molecule has 0 aromatic carbocycles. The first-order valence-electron chi connectivity index (χ1n) is 5.95. The van der Waals surface area contributed by atoms with Crippen molar-refractivity contribution in [2.45, 2.75) is 44.2 Å². The van der Waals surface area contributed by atoms with Crippen LogP contribution in [0.1, 0.15) is 32.1 Å². The fourth-order valence-electron chi connectivity index (χ4n) is 3.10. The van der Waals surface area contributed by atoms with Gasteiger partial charge in [-0.05, 0) is 32.1 Å². The van der Waals surface area contributed by atoms with E-state index >= 15 is 0 Å². The zero-order valence-electron chi connectivity index (χ0n) is 8.87. The molecule has 3 unspecified atom stereocenters. The summed E-state index contributed by atoms with van der Waals surface area (Å²) < 4.78 is 5.24. The third kappa shape index (κ3) is 1.59. The molecule has 0 spiro atoms. The van der Waals surface area contributed by atoms with Gasteiger partial charge in [-0.2, -0.15) is 0 Å². The summed E-state index contributed by atoms with van der Waals surface area (Å²) in [6, 6.07) is 1.05. The van der Waals surface area contributed by atoms with E-state index in [1.165, 1.54) is 12.8 Å². The molecular weight excluding hydrogens is 190 g/mol. The number of fused-ring (bicyclic) bond motifs is 2. The maximum absolute atomic E-state index is 12.2. The number of carbonyl (C=O) groups is 1. The number of rotatable bonds is 2. The van der Waals surface area contributed by atoms with E-state index in [4.69, 9.17) is 4.74 Å². The number of carbonyl (C=O) groups excluding carboxylic acids is 1. The number of nitrogens with one attached hydrogen (secondary N) is 1. The molecule has 0 saturated carbocycles. The van der Waals surface area contributed by atoms with Crippen LogP contribution in [0.5, 0.6) is 0 Å². The molecule has 0 aromatic rings. The van der Waals surface area contributed by atoms with Crippen LogP contribution >= 0.6 is 0 Å². The van der Waals surface area contributed by atoms with Gasteiger partial charge in [0.25, 0.3) is 0 Å². The largest absolute Gasteiger partial charge is 0.501 e. The van der Waals surface area contributed by atoms with Gasteiger partial charge in [-0.3, -0.25) is 4.79 Å². The normalized spacial score (nSPS) is 38.7. The molecule has 82 valence electrons. The first kappa shape index (κ1) is 9.40. The molecule has 0 radical (unpaired) electrons. The molecule has 3 atom stereocenters. The van der Waals surface area contributed by atoms with Gasteiger partial charge in [-0.1, -0.05) is 0 Å². The maximum Gasteiger partial charge on any atom is 0.166 e. The number of ether oxygens (including phenoxy) is 1. The second-order valence-electron chi connectivity index (χ2n) is 4.87. The Bertz CT molecular complexity index is 311. The van der Waals surface area contributed by atoms with Crippen LogP contribution in [0.3, 0.4) is 0 Å². The van der Waals surface area contributed by atoms with Gasteiger partial charge in [0.2, 0.25) is 0 Å². The van der Waals surface area contributed by atoms with Gasteiger partial charge in [-0.15, -0.1) is 0 Å². The van der Waals surface area contributed by atoms with E-state index in [2.05, 4.69) is 5.32 Å². The fraction of sp³-hybridized carbons (Fsp3) is 0.750. The Morgan fingerprint density at radius 3 is 3.00 bits per heavy atom. The lowest BCUT2D eigenvalue weighted by Gasteiger charge is -2.21. The molecule has 3 aliphatic rings. The Balaban J connectivity index is 1.72. The first-order valence-corrected chi connectivity index (χ1v) is 5.95. The predicted molar refractivity (Wildman–Crippen MR) is 56.3 cm³/mol. The van der Waals surface area contributed by atoms with E-state index in [0.717, 1.165) is 31.4 Å². The van der Waals surface area contributed by atoms with Gasteiger partial charge < -0.3 is 10.1 Å². The minimum atomic E-state index is 0.233. The summed E-state index contributed by atoms with van der Waals surface area (Å²) in [6.45, 7) is 0.770. The maximum atomic E-state index is 12.2. The van der Waals surface area contributed by atoms with Crippen molar-refractivity contribution in [3.8, 4) is 0 Å². The molecule has 0 aromatic heterocycles. The van der Waals surface area contributed by atoms with E-state index < -0.39 is 0 Å². The Labute approximate surface area is 89.9 Å². The summed E-state index contributed by atoms with van der Waals surface area (Å²) >= 11 is 0. The molecule has 3 aliphatic heterocycles. The average Bonchev–Trinajstić information content (AvgIpc) is 2.91. The molecule has 3 heterocycles. The van der Waals surface area contributed by atoms with Crippen LogP contribution in [0.25, 0.3) is 0 Å². The molecule has 2 saturated heterocycles. The molecule has 0 aliphatic carbocycles. The van der Waals surface area contributed by atoms with Crippen LogP contribution in [0.2, 0.25) is 0 Å². The van der Waals surface area contributed by atoms with Gasteiger partial charge >= 0.3 is 0 Å². The summed E-state index contributed by atoms with van der Waals surface area (Å²) in [5.41, 5.74) is 0.917. The Morgan fingerprint density at radius 2 is 2.40 bits per heavy atom. The van der Waals surface area contributed by atoms with E-state index in [0.29, 0.717) is 17.9 Å². The van der Waals surface area contributed by atoms with Gasteiger partial charge in [-0.25, -0.2) is 0 Å². The molecule has 2 fully saturated rings. The molecule has 3 nitrogen and oxygen atoms in total. The highest BCUT2D eigenvalue weighted by atomic mass is 16.5. The zero-order chi connectivity index (χ0) is 10.3. The van der Waals surface area contributed by atoms with Gasteiger partial charge in [0.05, 0.1) is 12.9 Å². The van der Waals surface area contributed by atoms with E-state index in [1.54, 1.807) is 6.26 Å². The highest BCUT2D eigenvalue weighted by Gasteiger charge is 2.43. The first-order chi connectivity index (χ1) is 7.34. The highest BCUT2D eigenvalue weighted by Crippen LogP contribution is 2.35. The molecule has 3 heteroatoms. The van der Waals surface area contributed by atoms with E-state index in [9.17, 15) is 4.79 Å². The quantitative estimate of drug-likeness (QED) is 0.743. The lowest BCUT2D eigenvalue weighted by molar-refractivity contribution is -0.120. The second kappa shape index (κ2) is 3.63. The summed E-state index contributed by atoms with van der Waals surface area (Å²) in [7, 11) is 0. The summed E-state index contributed by atoms with van der Waals surface area (Å²) in [5.74, 6) is 0.575. The lowest BCUT2D eigenvalue weighted by atomic mass is 9.83. The summed E-state index contributed by atoms with van der Waals surface area (Å²) in [5, 5.41) is 3.51. The second-order valence-corrected chi connectivity index (χ2v) is 4.87. The monoisotopic (exact) mass is 207 g/mol. The van der Waals surface area contributed by atoms with Crippen molar-refractivity contribution >= 4 is 5.78 Å². The minimum Gasteiger partial charge on any atom is -0.501 e. The Morgan fingerprint density at radius 1 is 1.47 bits per heavy atom. The summed E-state index contributed by atoms with van der Waals surface area (Å²) in [6.07, 6.45) is 7.07. The van der Waals surface area contributed by atoms with Crippen LogP contribution < -0.4 is 5.32 Å². The predicted octanol–water partition coefficient (Wildman–Crippen LogP) is 1.39. The third-order valence-electron chi connectivity index (χ3n) is 3.89. The lowest BCUT2D eigenvalue weighted by Crippen LogP contribution is -2.30. The van der Waals surface area contributed by atoms with Gasteiger partial charge in [0, 0.05) is 23.6 Å². The van der Waals surface area contributed by atoms with Crippen LogP contribution in [0.15, 0.2) is 11.8 Å². The number of hydrogen-bond acceptors (Lipinski definition) is 3. The van der Waals surface area contributed by atoms with Gasteiger partial charge in [0.15, 0.2) is 5.78 Å². The molecule has 3 rings (SSSR count). The Kier molecular flexibility index (Phi) is 2.28. The van der Waals surface area contributed by atoms with E-state index in [1.807, 2.05) is 0 Å². The van der Waals surface area contributed by atoms with Crippen molar-refractivity contribution < 1.29 is 9.53 Å². The number of Topliss-reactive ketones (excluding diaryl/α,β-unsaturated/α-hetero) is 1. The molecule has 15 heavy (non-hydrogen) atoms. The number of allylic oxidation sites excluding steroid dienone is 1.